The first-order chi connectivity index (χ1) is 13.0. The van der Waals surface area contributed by atoms with Gasteiger partial charge in [0.25, 0.3) is 0 Å². The Hall–Kier alpha value is -0.640. The van der Waals surface area contributed by atoms with E-state index in [0.717, 1.165) is 13.0 Å². The largest absolute Gasteiger partial charge is 1.00 e. The first-order valence-electron chi connectivity index (χ1n) is 12.0. The zero-order valence-electron chi connectivity index (χ0n) is 19.3. The van der Waals surface area contributed by atoms with Crippen LogP contribution < -0.4 is 4.70 Å². The predicted molar refractivity (Wildman–Crippen MR) is 118 cm³/mol. The number of halogens is 1. The molecule has 0 amide bonds. The minimum Gasteiger partial charge on any atom is -1.00 e. The number of likely N-dealkylation sites (N-methyl/N-ethyl adjacent to an activating group) is 1. The lowest BCUT2D eigenvalue weighted by Crippen LogP contribution is -3.00. The molecule has 0 aliphatic carbocycles. The smallest absolute Gasteiger partial charge is 0.359 e. The number of hydrogen-bond acceptors (Lipinski definition) is 1. The fourth-order valence-corrected chi connectivity index (χ4v) is 3.89. The second-order valence-corrected chi connectivity index (χ2v) is 9.22. The van der Waals surface area contributed by atoms with Crippen LogP contribution in [0.2, 0.25) is 0 Å². The number of unbranched alkanes of at least 4 members (excludes halogenated alkanes) is 17. The van der Waals surface area contributed by atoms with Gasteiger partial charge in [-0.25, -0.2) is 4.79 Å². The Morgan fingerprint density at radius 3 is 1.18 bits per heavy atom. The number of carboxylic acids is 1. The van der Waals surface area contributed by atoms with Crippen LogP contribution in [0.15, 0.2) is 0 Å². The van der Waals surface area contributed by atoms with E-state index in [1.54, 1.807) is 0 Å². The van der Waals surface area contributed by atoms with Gasteiger partial charge in [0.1, 0.15) is 0 Å². The number of carboxylic acid groups (broad SMARTS) is 1. The molecule has 4 heteroatoms. The predicted octanol–water partition coefficient (Wildman–Crippen LogP) is 4.19. The van der Waals surface area contributed by atoms with Gasteiger partial charge in [-0.05, 0) is 12.8 Å². The van der Waals surface area contributed by atoms with Gasteiger partial charge < -0.3 is 14.3 Å². The molecule has 0 saturated carbocycles. The maximum absolute atomic E-state index is 10.8. The highest BCUT2D eigenvalue weighted by Crippen LogP contribution is 2.14. The van der Waals surface area contributed by atoms with E-state index < -0.39 is 5.97 Å². The van der Waals surface area contributed by atoms with Crippen molar-refractivity contribution in [2.24, 2.45) is 0 Å². The molecule has 0 aliphatic rings. The topological polar surface area (TPSA) is 37.3 Å². The third-order valence-electron chi connectivity index (χ3n) is 5.68. The van der Waals surface area contributed by atoms with Crippen LogP contribution in [-0.2, 0) is 4.79 Å². The summed E-state index contributed by atoms with van der Waals surface area (Å²) in [6, 6.07) is 0. The molecular formula is C24H50FNO2. The molecule has 0 saturated heterocycles. The van der Waals surface area contributed by atoms with E-state index in [1.807, 2.05) is 14.1 Å². The lowest BCUT2D eigenvalue weighted by Gasteiger charge is -2.27. The van der Waals surface area contributed by atoms with Crippen molar-refractivity contribution in [2.45, 2.75) is 122 Å². The average Bonchev–Trinajstić information content (AvgIpc) is 2.59. The highest BCUT2D eigenvalue weighted by molar-refractivity contribution is 5.67. The van der Waals surface area contributed by atoms with E-state index in [9.17, 15) is 4.79 Å². The van der Waals surface area contributed by atoms with Crippen LogP contribution >= 0.6 is 0 Å². The third kappa shape index (κ3) is 23.4. The van der Waals surface area contributed by atoms with Gasteiger partial charge >= 0.3 is 5.97 Å². The molecule has 0 aromatic carbocycles. The number of aliphatic carboxylic acids is 1. The fraction of sp³-hybridized carbons (Fsp3) is 0.958. The number of hydrogen-bond donors (Lipinski definition) is 1. The summed E-state index contributed by atoms with van der Waals surface area (Å²) in [6.07, 6.45) is 25.0. The monoisotopic (exact) mass is 403 g/mol. The summed E-state index contributed by atoms with van der Waals surface area (Å²) in [5.41, 5.74) is 0. The van der Waals surface area contributed by atoms with Gasteiger partial charge in [0.15, 0.2) is 6.54 Å². The number of rotatable bonds is 21. The minimum atomic E-state index is -0.692. The quantitative estimate of drug-likeness (QED) is 0.230. The summed E-state index contributed by atoms with van der Waals surface area (Å²) in [5.74, 6) is -0.692. The molecule has 3 nitrogen and oxygen atoms in total. The first kappa shape index (κ1) is 29.6. The molecular weight excluding hydrogens is 353 g/mol. The van der Waals surface area contributed by atoms with E-state index in [4.69, 9.17) is 5.11 Å². The molecule has 0 radical (unpaired) electrons. The highest BCUT2D eigenvalue weighted by Gasteiger charge is 2.18. The zero-order valence-corrected chi connectivity index (χ0v) is 19.3. The Kier molecular flexibility index (Phi) is 22.3. The second-order valence-electron chi connectivity index (χ2n) is 9.22. The molecule has 0 atom stereocenters. The van der Waals surface area contributed by atoms with E-state index in [-0.39, 0.29) is 11.2 Å². The molecule has 0 aromatic rings. The fourth-order valence-electron chi connectivity index (χ4n) is 3.89. The summed E-state index contributed by atoms with van der Waals surface area (Å²) in [6.45, 7) is 3.50. The van der Waals surface area contributed by atoms with Gasteiger partial charge in [-0.2, -0.15) is 0 Å². The molecule has 0 aromatic heterocycles. The van der Waals surface area contributed by atoms with Gasteiger partial charge in [-0.15, -0.1) is 0 Å². The van der Waals surface area contributed by atoms with E-state index >= 15 is 0 Å². The number of nitrogens with zero attached hydrogens (tertiary/aromatic N) is 1. The van der Waals surface area contributed by atoms with Gasteiger partial charge in [0, 0.05) is 0 Å². The Labute approximate surface area is 175 Å². The third-order valence-corrected chi connectivity index (χ3v) is 5.68. The normalized spacial score (nSPS) is 11.4. The Balaban J connectivity index is 0. The summed E-state index contributed by atoms with van der Waals surface area (Å²) in [4.78, 5) is 10.8. The molecule has 0 fully saturated rings. The molecule has 1 N–H and O–H groups in total. The minimum absolute atomic E-state index is 0. The van der Waals surface area contributed by atoms with Gasteiger partial charge in [0.2, 0.25) is 0 Å². The molecule has 0 bridgehead atoms. The Morgan fingerprint density at radius 1 is 0.607 bits per heavy atom. The van der Waals surface area contributed by atoms with Crippen LogP contribution in [0.25, 0.3) is 0 Å². The van der Waals surface area contributed by atoms with Crippen molar-refractivity contribution in [3.63, 3.8) is 0 Å². The van der Waals surface area contributed by atoms with E-state index in [1.165, 1.54) is 109 Å². The molecule has 28 heavy (non-hydrogen) atoms. The van der Waals surface area contributed by atoms with Crippen molar-refractivity contribution < 1.29 is 19.1 Å². The van der Waals surface area contributed by atoms with Crippen LogP contribution in [0.1, 0.15) is 122 Å². The summed E-state index contributed by atoms with van der Waals surface area (Å²) < 4.78 is 0.605. The maximum atomic E-state index is 10.8. The van der Waals surface area contributed by atoms with Crippen molar-refractivity contribution >= 4 is 5.97 Å². The van der Waals surface area contributed by atoms with Crippen LogP contribution in [0.3, 0.4) is 0 Å². The average molecular weight is 404 g/mol. The van der Waals surface area contributed by atoms with Crippen LogP contribution in [0, 0.1) is 0 Å². The summed E-state index contributed by atoms with van der Waals surface area (Å²) >= 11 is 0. The van der Waals surface area contributed by atoms with Crippen molar-refractivity contribution in [2.75, 3.05) is 27.2 Å². The van der Waals surface area contributed by atoms with Gasteiger partial charge in [0.05, 0.1) is 20.6 Å². The lowest BCUT2D eigenvalue weighted by atomic mass is 10.0. The molecule has 0 aliphatic heterocycles. The SMILES string of the molecule is CCCCCCCCCCCCCCCCCCCC[N+](C)(C)CC(=O)O.[F-]. The molecule has 0 unspecified atom stereocenters. The lowest BCUT2D eigenvalue weighted by molar-refractivity contribution is -0.883. The molecule has 0 rings (SSSR count). The van der Waals surface area contributed by atoms with Crippen molar-refractivity contribution in [3.05, 3.63) is 0 Å². The maximum Gasteiger partial charge on any atom is 0.359 e. The standard InChI is InChI=1S/C24H49NO2.FH/c1-4-5-6-7-8-9-10-11-12-13-14-15-16-17-18-19-20-21-22-25(2,3)23-24(26)27;/h4-23H2,1-3H3;1H. The van der Waals surface area contributed by atoms with Crippen molar-refractivity contribution in [1.82, 2.24) is 0 Å². The van der Waals surface area contributed by atoms with Crippen LogP contribution in [-0.4, -0.2) is 42.7 Å². The molecule has 0 spiro atoms. The van der Waals surface area contributed by atoms with Crippen LogP contribution in [0.4, 0.5) is 0 Å². The Bertz CT molecular complexity index is 335. The number of quaternary nitrogens is 1. The summed E-state index contributed by atoms with van der Waals surface area (Å²) in [7, 11) is 4.03. The molecule has 0 heterocycles. The van der Waals surface area contributed by atoms with Crippen molar-refractivity contribution in [3.8, 4) is 0 Å². The van der Waals surface area contributed by atoms with Gasteiger partial charge in [-0.1, -0.05) is 110 Å². The van der Waals surface area contributed by atoms with Gasteiger partial charge in [-0.3, -0.25) is 0 Å². The molecule has 170 valence electrons. The second kappa shape index (κ2) is 21.1. The van der Waals surface area contributed by atoms with E-state index in [2.05, 4.69) is 6.92 Å². The number of carbonyl (C=O) groups is 1. The zero-order chi connectivity index (χ0) is 20.2. The highest BCUT2D eigenvalue weighted by atomic mass is 19.0. The van der Waals surface area contributed by atoms with Crippen molar-refractivity contribution in [1.29, 1.82) is 0 Å². The van der Waals surface area contributed by atoms with E-state index in [0.29, 0.717) is 4.48 Å². The summed E-state index contributed by atoms with van der Waals surface area (Å²) in [5, 5.41) is 8.88. The van der Waals surface area contributed by atoms with Crippen LogP contribution in [0.5, 0.6) is 0 Å². The Morgan fingerprint density at radius 2 is 0.893 bits per heavy atom. The first-order valence-corrected chi connectivity index (χ1v) is 12.0.